The third-order valence-corrected chi connectivity index (χ3v) is 8.59. The molecule has 3 heterocycles. The first-order valence-electron chi connectivity index (χ1n) is 13.0. The minimum Gasteiger partial charge on any atom is -0.493 e. The van der Waals surface area contributed by atoms with Gasteiger partial charge in [0.1, 0.15) is 0 Å². The molecular formula is C28H28ClN7O3. The van der Waals surface area contributed by atoms with Gasteiger partial charge in [-0.3, -0.25) is 14.5 Å². The maximum atomic E-state index is 12.9. The summed E-state index contributed by atoms with van der Waals surface area (Å²) in [6, 6.07) is 9.07. The zero-order valence-corrected chi connectivity index (χ0v) is 22.6. The Morgan fingerprint density at radius 2 is 2.13 bits per heavy atom. The first kappa shape index (κ1) is 25.3. The summed E-state index contributed by atoms with van der Waals surface area (Å²) in [6.45, 7) is 4.69. The highest BCUT2D eigenvalue weighted by atomic mass is 35.5. The van der Waals surface area contributed by atoms with Crippen LogP contribution in [0.15, 0.2) is 36.7 Å². The van der Waals surface area contributed by atoms with Crippen LogP contribution in [0.3, 0.4) is 0 Å². The van der Waals surface area contributed by atoms with Crippen molar-refractivity contribution in [2.24, 2.45) is 11.8 Å². The summed E-state index contributed by atoms with van der Waals surface area (Å²) in [6.07, 6.45) is 5.68. The fourth-order valence-corrected chi connectivity index (χ4v) is 6.12. The lowest BCUT2D eigenvalue weighted by atomic mass is 9.62. The molecule has 2 amide bonds. The zero-order chi connectivity index (χ0) is 27.5. The smallest absolute Gasteiger partial charge is 0.273 e. The number of ether oxygens (including phenoxy) is 1. The van der Waals surface area contributed by atoms with Gasteiger partial charge in [0, 0.05) is 29.7 Å². The van der Waals surface area contributed by atoms with Crippen LogP contribution in [-0.2, 0) is 10.2 Å². The van der Waals surface area contributed by atoms with Gasteiger partial charge >= 0.3 is 0 Å². The molecule has 1 aliphatic heterocycles. The average molecular weight is 546 g/mol. The van der Waals surface area contributed by atoms with E-state index in [1.807, 2.05) is 19.1 Å². The lowest BCUT2D eigenvalue weighted by Gasteiger charge is -2.46. The number of hydrogen-bond acceptors (Lipinski definition) is 7. The van der Waals surface area contributed by atoms with Crippen LogP contribution >= 0.6 is 11.6 Å². The van der Waals surface area contributed by atoms with Crippen LogP contribution in [0.2, 0.25) is 5.02 Å². The highest BCUT2D eigenvalue weighted by Gasteiger charge is 2.53. The van der Waals surface area contributed by atoms with Crippen LogP contribution in [0.25, 0.3) is 0 Å². The van der Waals surface area contributed by atoms with Crippen molar-refractivity contribution in [3.63, 3.8) is 0 Å². The second-order valence-corrected chi connectivity index (χ2v) is 11.5. The summed E-state index contributed by atoms with van der Waals surface area (Å²) in [5.74, 6) is 1.45. The van der Waals surface area contributed by atoms with Crippen molar-refractivity contribution in [3.05, 3.63) is 64.1 Å². The minimum atomic E-state index is -0.302. The van der Waals surface area contributed by atoms with Gasteiger partial charge in [0.15, 0.2) is 17.3 Å². The SMILES string of the molecule is COc1cc([C@H](C)n2cc(C(=O)NC3CC(C)(c4cc(Cl)ccc4C#N)C3)nn2)cnc1N1C[C@H]2C[C@H]2C1=O. The molecular weight excluding hydrogens is 518 g/mol. The fraction of sp³-hybridized carbons (Fsp3) is 0.429. The van der Waals surface area contributed by atoms with Crippen molar-refractivity contribution >= 4 is 29.2 Å². The van der Waals surface area contributed by atoms with Gasteiger partial charge in [0.2, 0.25) is 5.91 Å². The third-order valence-electron chi connectivity index (χ3n) is 8.36. The van der Waals surface area contributed by atoms with E-state index in [9.17, 15) is 14.9 Å². The number of aromatic nitrogens is 4. The second-order valence-electron chi connectivity index (χ2n) is 11.0. The number of anilines is 1. The fourth-order valence-electron chi connectivity index (χ4n) is 5.95. The normalized spacial score (nSPS) is 25.9. The molecule has 0 spiro atoms. The number of carbonyl (C=O) groups is 2. The average Bonchev–Trinajstić information content (AvgIpc) is 3.38. The second kappa shape index (κ2) is 9.35. The van der Waals surface area contributed by atoms with E-state index < -0.39 is 0 Å². The van der Waals surface area contributed by atoms with Crippen LogP contribution in [0, 0.1) is 23.2 Å². The molecule has 11 heteroatoms. The standard InChI is InChI=1S/C28H28ClN7O3/c1-15(17-7-24(39-3)25(31-12-17)35-13-18-6-21(18)27(35)38)36-14-23(33-34-36)26(37)32-20-9-28(2,10-20)22-8-19(29)5-4-16(22)11-30/h4-5,7-8,12,14-15,18,20-21H,6,9-10,13H2,1-3H3,(H,32,37)/t15-,18+,20?,21+,28?/m0/s1. The summed E-state index contributed by atoms with van der Waals surface area (Å²) >= 11 is 6.18. The Morgan fingerprint density at radius 1 is 1.33 bits per heavy atom. The molecule has 1 saturated heterocycles. The number of hydrogen-bond donors (Lipinski definition) is 1. The molecule has 3 aromatic rings. The van der Waals surface area contributed by atoms with Gasteiger partial charge in [-0.1, -0.05) is 23.7 Å². The molecule has 0 radical (unpaired) electrons. The van der Waals surface area contributed by atoms with Crippen molar-refractivity contribution in [1.82, 2.24) is 25.3 Å². The van der Waals surface area contributed by atoms with E-state index in [2.05, 4.69) is 33.6 Å². The Bertz CT molecular complexity index is 1520. The number of methoxy groups -OCH3 is 1. The molecule has 200 valence electrons. The number of benzene rings is 1. The van der Waals surface area contributed by atoms with Gasteiger partial charge in [0.05, 0.1) is 31.0 Å². The Morgan fingerprint density at radius 3 is 2.82 bits per heavy atom. The number of nitriles is 1. The summed E-state index contributed by atoms with van der Waals surface area (Å²) in [7, 11) is 1.56. The number of amides is 2. The molecule has 3 fully saturated rings. The molecule has 10 nitrogen and oxygen atoms in total. The van der Waals surface area contributed by atoms with Crippen molar-refractivity contribution < 1.29 is 14.3 Å². The first-order valence-corrected chi connectivity index (χ1v) is 13.4. The topological polar surface area (TPSA) is 126 Å². The molecule has 2 aromatic heterocycles. The number of nitrogens with one attached hydrogen (secondary N) is 1. The zero-order valence-electron chi connectivity index (χ0n) is 21.9. The summed E-state index contributed by atoms with van der Waals surface area (Å²) in [5.41, 5.74) is 2.30. The molecule has 3 atom stereocenters. The summed E-state index contributed by atoms with van der Waals surface area (Å²) in [4.78, 5) is 31.7. The first-order chi connectivity index (χ1) is 18.7. The molecule has 1 aromatic carbocycles. The number of carbonyl (C=O) groups excluding carboxylic acids is 2. The van der Waals surface area contributed by atoms with Crippen molar-refractivity contribution in [2.45, 2.75) is 50.6 Å². The van der Waals surface area contributed by atoms with E-state index >= 15 is 0 Å². The van der Waals surface area contributed by atoms with Crippen molar-refractivity contribution in [3.8, 4) is 11.8 Å². The molecule has 39 heavy (non-hydrogen) atoms. The predicted molar refractivity (Wildman–Crippen MR) is 143 cm³/mol. The molecule has 2 aliphatic carbocycles. The van der Waals surface area contributed by atoms with Crippen LogP contribution < -0.4 is 15.0 Å². The molecule has 1 N–H and O–H groups in total. The van der Waals surface area contributed by atoms with E-state index in [0.717, 1.165) is 17.5 Å². The number of pyridine rings is 1. The van der Waals surface area contributed by atoms with Gasteiger partial charge in [-0.2, -0.15) is 5.26 Å². The van der Waals surface area contributed by atoms with Crippen LogP contribution in [0.5, 0.6) is 5.75 Å². The number of nitrogens with zero attached hydrogens (tertiary/aromatic N) is 6. The van der Waals surface area contributed by atoms with Crippen LogP contribution in [-0.4, -0.2) is 51.5 Å². The highest BCUT2D eigenvalue weighted by molar-refractivity contribution is 6.30. The predicted octanol–water partition coefficient (Wildman–Crippen LogP) is 3.65. The Balaban J connectivity index is 1.11. The summed E-state index contributed by atoms with van der Waals surface area (Å²) < 4.78 is 7.18. The maximum Gasteiger partial charge on any atom is 0.273 e. The van der Waals surface area contributed by atoms with Crippen molar-refractivity contribution in [2.75, 3.05) is 18.6 Å². The van der Waals surface area contributed by atoms with Crippen LogP contribution in [0.1, 0.15) is 66.3 Å². The largest absolute Gasteiger partial charge is 0.493 e. The van der Waals surface area contributed by atoms with Crippen LogP contribution in [0.4, 0.5) is 5.82 Å². The van der Waals surface area contributed by atoms with Gasteiger partial charge in [-0.25, -0.2) is 9.67 Å². The Hall–Kier alpha value is -3.97. The lowest BCUT2D eigenvalue weighted by Crippen LogP contribution is -2.52. The Labute approximate surface area is 230 Å². The molecule has 0 bridgehead atoms. The van der Waals surface area contributed by atoms with E-state index in [1.54, 1.807) is 41.2 Å². The third kappa shape index (κ3) is 4.40. The lowest BCUT2D eigenvalue weighted by molar-refractivity contribution is -0.118. The summed E-state index contributed by atoms with van der Waals surface area (Å²) in [5, 5.41) is 21.4. The van der Waals surface area contributed by atoms with Gasteiger partial charge < -0.3 is 10.1 Å². The number of piperidine rings is 1. The van der Waals surface area contributed by atoms with E-state index in [0.29, 0.717) is 47.5 Å². The van der Waals surface area contributed by atoms with E-state index in [1.165, 1.54) is 0 Å². The van der Waals surface area contributed by atoms with E-state index in [-0.39, 0.29) is 40.9 Å². The van der Waals surface area contributed by atoms with Gasteiger partial charge in [-0.15, -0.1) is 5.10 Å². The minimum absolute atomic E-state index is 0.0454. The maximum absolute atomic E-state index is 12.9. The number of rotatable bonds is 7. The molecule has 3 aliphatic rings. The molecule has 2 saturated carbocycles. The number of halogens is 1. The molecule has 6 rings (SSSR count). The van der Waals surface area contributed by atoms with Gasteiger partial charge in [0.25, 0.3) is 5.91 Å². The highest BCUT2D eigenvalue weighted by Crippen LogP contribution is 2.48. The Kier molecular flexibility index (Phi) is 6.07. The van der Waals surface area contributed by atoms with Crippen molar-refractivity contribution in [1.29, 1.82) is 5.26 Å². The quantitative estimate of drug-likeness (QED) is 0.480. The monoisotopic (exact) mass is 545 g/mol. The molecule has 0 unspecified atom stereocenters. The van der Waals surface area contributed by atoms with Gasteiger partial charge in [-0.05, 0) is 72.9 Å². The number of fused-ring (bicyclic) bond motifs is 1. The van der Waals surface area contributed by atoms with E-state index in [4.69, 9.17) is 16.3 Å².